The molecule has 0 bridgehead atoms. The van der Waals surface area contributed by atoms with Gasteiger partial charge in [0.1, 0.15) is 12.4 Å². The number of benzene rings is 2. The monoisotopic (exact) mass is 374 g/mol. The maximum atomic E-state index is 10.4. The van der Waals surface area contributed by atoms with Crippen LogP contribution in [0, 0.1) is 13.8 Å². The maximum absolute atomic E-state index is 10.4. The lowest BCUT2D eigenvalue weighted by Crippen LogP contribution is -2.28. The highest BCUT2D eigenvalue weighted by molar-refractivity contribution is 5.44. The minimum Gasteiger partial charge on any atom is -0.487 e. The van der Waals surface area contributed by atoms with Gasteiger partial charge in [0.05, 0.1) is 17.8 Å². The molecule has 0 spiro atoms. The molecule has 0 unspecified atom stereocenters. The van der Waals surface area contributed by atoms with Crippen molar-refractivity contribution >= 4 is 0 Å². The van der Waals surface area contributed by atoms with E-state index in [-0.39, 0.29) is 12.1 Å². The molecule has 3 aromatic rings. The Hall–Kier alpha value is -2.69. The van der Waals surface area contributed by atoms with Crippen molar-refractivity contribution in [1.82, 2.24) is 10.3 Å². The van der Waals surface area contributed by atoms with E-state index in [1.165, 1.54) is 16.7 Å². The van der Waals surface area contributed by atoms with Crippen LogP contribution in [0.5, 0.6) is 5.75 Å². The molecule has 0 saturated carbocycles. The third-order valence-electron chi connectivity index (χ3n) is 5.34. The predicted octanol–water partition coefficient (Wildman–Crippen LogP) is 4.03. The van der Waals surface area contributed by atoms with Gasteiger partial charge >= 0.3 is 0 Å². The van der Waals surface area contributed by atoms with Crippen LogP contribution < -0.4 is 10.1 Å². The second-order valence-corrected chi connectivity index (χ2v) is 7.50. The Bertz CT molecular complexity index is 933. The average molecular weight is 374 g/mol. The first-order valence-electron chi connectivity index (χ1n) is 9.74. The number of rotatable bonds is 6. The number of aliphatic hydroxyl groups is 1. The van der Waals surface area contributed by atoms with Crippen LogP contribution >= 0.6 is 0 Å². The van der Waals surface area contributed by atoms with Crippen LogP contribution in [0.25, 0.3) is 0 Å². The van der Waals surface area contributed by atoms with E-state index in [2.05, 4.69) is 48.4 Å². The normalized spacial score (nSPS) is 18.1. The fourth-order valence-corrected chi connectivity index (χ4v) is 4.05. The fourth-order valence-electron chi connectivity index (χ4n) is 4.05. The summed E-state index contributed by atoms with van der Waals surface area (Å²) in [6, 6.07) is 18.4. The number of nitrogens with one attached hydrogen (secondary N) is 1. The molecule has 2 N–H and O–H groups in total. The lowest BCUT2D eigenvalue weighted by Gasteiger charge is -2.19. The van der Waals surface area contributed by atoms with E-state index < -0.39 is 0 Å². The quantitative estimate of drug-likeness (QED) is 0.684. The standard InChI is InChI=1S/C24H26N2O2/c1-16-11-18(12-17(2)24(16)28-15-20-8-5-6-10-25-20)14-26-23-21-9-4-3-7-19(21)13-22(23)27/h3-12,22-23,26-27H,13-15H2,1-2H3/t22-,23+/m0/s1. The molecule has 0 radical (unpaired) electrons. The molecule has 4 nitrogen and oxygen atoms in total. The summed E-state index contributed by atoms with van der Waals surface area (Å²) in [5.74, 6) is 0.917. The zero-order chi connectivity index (χ0) is 19.5. The summed E-state index contributed by atoms with van der Waals surface area (Å²) in [7, 11) is 0. The second-order valence-electron chi connectivity index (χ2n) is 7.50. The van der Waals surface area contributed by atoms with E-state index in [1.807, 2.05) is 30.3 Å². The number of hydrogen-bond acceptors (Lipinski definition) is 4. The lowest BCUT2D eigenvalue weighted by atomic mass is 10.0. The summed E-state index contributed by atoms with van der Waals surface area (Å²) in [4.78, 5) is 4.31. The highest BCUT2D eigenvalue weighted by atomic mass is 16.5. The number of hydrogen-bond donors (Lipinski definition) is 2. The van der Waals surface area contributed by atoms with Gasteiger partial charge in [-0.3, -0.25) is 4.98 Å². The number of fused-ring (bicyclic) bond motifs is 1. The van der Waals surface area contributed by atoms with Crippen molar-refractivity contribution in [3.63, 3.8) is 0 Å². The number of pyridine rings is 1. The topological polar surface area (TPSA) is 54.4 Å². The van der Waals surface area contributed by atoms with Gasteiger partial charge in [-0.25, -0.2) is 0 Å². The van der Waals surface area contributed by atoms with Crippen molar-refractivity contribution in [1.29, 1.82) is 0 Å². The molecule has 0 amide bonds. The fraction of sp³-hybridized carbons (Fsp3) is 0.292. The van der Waals surface area contributed by atoms with Crippen molar-refractivity contribution in [3.8, 4) is 5.75 Å². The summed E-state index contributed by atoms with van der Waals surface area (Å²) in [5.41, 5.74) is 6.77. The number of ether oxygens (including phenoxy) is 1. The molecule has 1 aliphatic rings. The van der Waals surface area contributed by atoms with E-state index in [0.29, 0.717) is 19.6 Å². The third-order valence-corrected chi connectivity index (χ3v) is 5.34. The summed E-state index contributed by atoms with van der Waals surface area (Å²) >= 11 is 0. The van der Waals surface area contributed by atoms with Gasteiger partial charge in [-0.1, -0.05) is 42.5 Å². The van der Waals surface area contributed by atoms with E-state index in [9.17, 15) is 5.11 Å². The van der Waals surface area contributed by atoms with Crippen LogP contribution in [0.1, 0.15) is 39.6 Å². The zero-order valence-corrected chi connectivity index (χ0v) is 16.4. The molecule has 28 heavy (non-hydrogen) atoms. The van der Waals surface area contributed by atoms with Gasteiger partial charge in [-0.15, -0.1) is 0 Å². The van der Waals surface area contributed by atoms with Gasteiger partial charge in [0.15, 0.2) is 0 Å². The molecule has 1 heterocycles. The molecule has 2 atom stereocenters. The first-order valence-corrected chi connectivity index (χ1v) is 9.74. The Balaban J connectivity index is 1.43. The Morgan fingerprint density at radius 2 is 1.82 bits per heavy atom. The largest absolute Gasteiger partial charge is 0.487 e. The van der Waals surface area contributed by atoms with Gasteiger partial charge in [0.2, 0.25) is 0 Å². The minimum absolute atomic E-state index is 0.0168. The number of aliphatic hydroxyl groups excluding tert-OH is 1. The van der Waals surface area contributed by atoms with Crippen molar-refractivity contribution in [2.24, 2.45) is 0 Å². The van der Waals surface area contributed by atoms with Crippen LogP contribution in [-0.2, 0) is 19.6 Å². The van der Waals surface area contributed by atoms with Gasteiger partial charge in [0, 0.05) is 19.2 Å². The molecular weight excluding hydrogens is 348 g/mol. The number of aromatic nitrogens is 1. The third kappa shape index (κ3) is 3.93. The SMILES string of the molecule is Cc1cc(CN[C@@H]2c3ccccc3C[C@@H]2O)cc(C)c1OCc1ccccn1. The van der Waals surface area contributed by atoms with E-state index in [4.69, 9.17) is 4.74 Å². The van der Waals surface area contributed by atoms with Gasteiger partial charge in [-0.05, 0) is 53.8 Å². The lowest BCUT2D eigenvalue weighted by molar-refractivity contribution is 0.140. The molecule has 4 heteroatoms. The van der Waals surface area contributed by atoms with Crippen LogP contribution in [0.2, 0.25) is 0 Å². The molecular formula is C24H26N2O2. The Morgan fingerprint density at radius 1 is 1.07 bits per heavy atom. The molecule has 144 valence electrons. The van der Waals surface area contributed by atoms with Crippen molar-refractivity contribution in [3.05, 3.63) is 94.3 Å². The first kappa shape index (κ1) is 18.7. The van der Waals surface area contributed by atoms with E-state index in [1.54, 1.807) is 6.20 Å². The van der Waals surface area contributed by atoms with Gasteiger partial charge in [-0.2, -0.15) is 0 Å². The molecule has 0 fully saturated rings. The summed E-state index contributed by atoms with van der Waals surface area (Å²) in [5, 5.41) is 14.0. The summed E-state index contributed by atoms with van der Waals surface area (Å²) in [6.45, 7) is 5.32. The van der Waals surface area contributed by atoms with Crippen molar-refractivity contribution in [2.75, 3.05) is 0 Å². The summed E-state index contributed by atoms with van der Waals surface area (Å²) < 4.78 is 6.03. The molecule has 4 rings (SSSR count). The highest BCUT2D eigenvalue weighted by Gasteiger charge is 2.30. The molecule has 0 aliphatic heterocycles. The average Bonchev–Trinajstić information content (AvgIpc) is 3.01. The zero-order valence-electron chi connectivity index (χ0n) is 16.4. The molecule has 0 saturated heterocycles. The van der Waals surface area contributed by atoms with E-state index in [0.717, 1.165) is 22.6 Å². The van der Waals surface area contributed by atoms with Crippen LogP contribution in [0.4, 0.5) is 0 Å². The molecule has 1 aromatic heterocycles. The number of nitrogens with zero attached hydrogens (tertiary/aromatic N) is 1. The van der Waals surface area contributed by atoms with Gasteiger partial charge in [0.25, 0.3) is 0 Å². The Kier molecular flexibility index (Phi) is 5.42. The van der Waals surface area contributed by atoms with Crippen molar-refractivity contribution < 1.29 is 9.84 Å². The highest BCUT2D eigenvalue weighted by Crippen LogP contribution is 2.32. The minimum atomic E-state index is -0.374. The second kappa shape index (κ2) is 8.13. The van der Waals surface area contributed by atoms with Gasteiger partial charge < -0.3 is 15.2 Å². The molecule has 1 aliphatic carbocycles. The Morgan fingerprint density at radius 3 is 2.57 bits per heavy atom. The first-order chi connectivity index (χ1) is 13.6. The Labute approximate surface area is 166 Å². The predicted molar refractivity (Wildman–Crippen MR) is 110 cm³/mol. The maximum Gasteiger partial charge on any atom is 0.130 e. The number of aryl methyl sites for hydroxylation is 2. The smallest absolute Gasteiger partial charge is 0.130 e. The van der Waals surface area contributed by atoms with Crippen molar-refractivity contribution in [2.45, 2.75) is 45.6 Å². The van der Waals surface area contributed by atoms with Crippen LogP contribution in [-0.4, -0.2) is 16.2 Å². The molecule has 2 aromatic carbocycles. The van der Waals surface area contributed by atoms with Crippen LogP contribution in [0.15, 0.2) is 60.8 Å². The summed E-state index contributed by atoms with van der Waals surface area (Å²) in [6.07, 6.45) is 2.12. The van der Waals surface area contributed by atoms with Crippen LogP contribution in [0.3, 0.4) is 0 Å². The van der Waals surface area contributed by atoms with E-state index >= 15 is 0 Å².